The molecule has 0 spiro atoms. The second-order valence-corrected chi connectivity index (χ2v) is 4.48. The maximum Gasteiger partial charge on any atom is 0.166 e. The lowest BCUT2D eigenvalue weighted by molar-refractivity contribution is 0.0980. The number of nitrogens with zero attached hydrogens (tertiary/aromatic N) is 2. The summed E-state index contributed by atoms with van der Waals surface area (Å²) in [5.74, 6) is 0.275. The number of para-hydroxylation sites is 1. The van der Waals surface area contributed by atoms with Gasteiger partial charge in [0.1, 0.15) is 0 Å². The van der Waals surface area contributed by atoms with Crippen molar-refractivity contribution in [1.82, 2.24) is 4.90 Å². The van der Waals surface area contributed by atoms with Gasteiger partial charge >= 0.3 is 0 Å². The molecule has 3 nitrogen and oxygen atoms in total. The molecule has 0 saturated heterocycles. The number of benzene rings is 1. The van der Waals surface area contributed by atoms with Gasteiger partial charge in [-0.3, -0.25) is 4.79 Å². The van der Waals surface area contributed by atoms with Crippen molar-refractivity contribution < 1.29 is 4.79 Å². The first-order valence-corrected chi connectivity index (χ1v) is 5.70. The van der Waals surface area contributed by atoms with Crippen LogP contribution in [0, 0.1) is 0 Å². The number of rotatable bonds is 3. The minimum Gasteiger partial charge on any atom is -0.369 e. The highest BCUT2D eigenvalue weighted by Gasteiger charge is 2.21. The van der Waals surface area contributed by atoms with Crippen molar-refractivity contribution in [1.29, 1.82) is 0 Å². The number of fused-ring (bicyclic) bond motifs is 1. The number of likely N-dealkylation sites (N-methyl/N-ethyl adjacent to an activating group) is 1. The van der Waals surface area contributed by atoms with E-state index >= 15 is 0 Å². The summed E-state index contributed by atoms with van der Waals surface area (Å²) in [6.45, 7) is 2.85. The molecule has 0 aromatic heterocycles. The molecule has 0 amide bonds. The summed E-state index contributed by atoms with van der Waals surface area (Å²) >= 11 is 0. The Morgan fingerprint density at radius 3 is 2.81 bits per heavy atom. The maximum atomic E-state index is 11.7. The molecular weight excluding hydrogens is 200 g/mol. The third-order valence-electron chi connectivity index (χ3n) is 2.97. The first-order valence-electron chi connectivity index (χ1n) is 5.70. The maximum absolute atomic E-state index is 11.7. The van der Waals surface area contributed by atoms with Crippen molar-refractivity contribution in [2.24, 2.45) is 0 Å². The summed E-state index contributed by atoms with van der Waals surface area (Å²) < 4.78 is 0. The number of ketones is 1. The normalized spacial score (nSPS) is 15.4. The summed E-state index contributed by atoms with van der Waals surface area (Å²) in [6.07, 6.45) is 0.643. The van der Waals surface area contributed by atoms with Gasteiger partial charge in [-0.05, 0) is 26.2 Å². The van der Waals surface area contributed by atoms with Crippen molar-refractivity contribution >= 4 is 11.5 Å². The Morgan fingerprint density at radius 2 is 2.06 bits per heavy atom. The van der Waals surface area contributed by atoms with E-state index in [4.69, 9.17) is 0 Å². The van der Waals surface area contributed by atoms with Crippen LogP contribution < -0.4 is 4.90 Å². The summed E-state index contributed by atoms with van der Waals surface area (Å²) in [4.78, 5) is 16.2. The minimum atomic E-state index is 0.275. The van der Waals surface area contributed by atoms with Crippen LogP contribution in [0.2, 0.25) is 0 Å². The van der Waals surface area contributed by atoms with Crippen molar-refractivity contribution in [3.05, 3.63) is 29.8 Å². The molecule has 0 bridgehead atoms. The molecule has 1 heterocycles. The van der Waals surface area contributed by atoms with Crippen molar-refractivity contribution in [2.75, 3.05) is 38.6 Å². The lowest BCUT2D eigenvalue weighted by Gasteiger charge is -2.31. The van der Waals surface area contributed by atoms with Crippen molar-refractivity contribution in [2.45, 2.75) is 6.42 Å². The van der Waals surface area contributed by atoms with E-state index in [0.717, 1.165) is 30.9 Å². The zero-order chi connectivity index (χ0) is 11.5. The van der Waals surface area contributed by atoms with Crippen LogP contribution in [0.1, 0.15) is 16.8 Å². The van der Waals surface area contributed by atoms with Crippen molar-refractivity contribution in [3.8, 4) is 0 Å². The van der Waals surface area contributed by atoms with E-state index in [1.54, 1.807) is 0 Å². The third-order valence-corrected chi connectivity index (χ3v) is 2.97. The summed E-state index contributed by atoms with van der Waals surface area (Å²) in [5.41, 5.74) is 1.98. The van der Waals surface area contributed by atoms with Gasteiger partial charge in [0.15, 0.2) is 5.78 Å². The van der Waals surface area contributed by atoms with Gasteiger partial charge in [0.05, 0.1) is 0 Å². The molecule has 0 radical (unpaired) electrons. The number of carbonyl (C=O) groups excluding carboxylic acids is 1. The lowest BCUT2D eigenvalue weighted by atomic mass is 10.0. The second kappa shape index (κ2) is 4.66. The molecule has 0 fully saturated rings. The Bertz CT molecular complexity index is 387. The van der Waals surface area contributed by atoms with Crippen LogP contribution in [0.15, 0.2) is 24.3 Å². The van der Waals surface area contributed by atoms with E-state index in [-0.39, 0.29) is 5.78 Å². The van der Waals surface area contributed by atoms with E-state index in [9.17, 15) is 4.79 Å². The van der Waals surface area contributed by atoms with Crippen LogP contribution in [0.5, 0.6) is 0 Å². The van der Waals surface area contributed by atoms with Gasteiger partial charge in [-0.2, -0.15) is 0 Å². The van der Waals surface area contributed by atoms with Gasteiger partial charge in [-0.25, -0.2) is 0 Å². The second-order valence-electron chi connectivity index (χ2n) is 4.48. The van der Waals surface area contributed by atoms with Crippen LogP contribution in [-0.4, -0.2) is 44.4 Å². The van der Waals surface area contributed by atoms with Crippen LogP contribution in [0.3, 0.4) is 0 Å². The average Bonchev–Trinajstić information content (AvgIpc) is 2.28. The molecule has 1 aromatic rings. The fourth-order valence-electron chi connectivity index (χ4n) is 2.03. The van der Waals surface area contributed by atoms with Gasteiger partial charge in [-0.1, -0.05) is 12.1 Å². The lowest BCUT2D eigenvalue weighted by Crippen LogP contribution is -2.37. The Labute approximate surface area is 96.7 Å². The molecule has 0 unspecified atom stereocenters. The number of Topliss-reactive ketones (excluding diaryl/α,β-unsaturated/α-hetero) is 1. The first kappa shape index (κ1) is 11.1. The quantitative estimate of drug-likeness (QED) is 0.770. The highest BCUT2D eigenvalue weighted by atomic mass is 16.1. The minimum absolute atomic E-state index is 0.275. The zero-order valence-electron chi connectivity index (χ0n) is 9.94. The molecule has 86 valence electrons. The largest absolute Gasteiger partial charge is 0.369 e. The molecule has 1 aliphatic rings. The topological polar surface area (TPSA) is 23.6 Å². The fourth-order valence-corrected chi connectivity index (χ4v) is 2.03. The number of hydrogen-bond acceptors (Lipinski definition) is 3. The van der Waals surface area contributed by atoms with E-state index in [0.29, 0.717) is 6.42 Å². The highest BCUT2D eigenvalue weighted by Crippen LogP contribution is 2.26. The summed E-state index contributed by atoms with van der Waals surface area (Å²) in [5, 5.41) is 0. The zero-order valence-corrected chi connectivity index (χ0v) is 9.94. The van der Waals surface area contributed by atoms with Crippen LogP contribution in [-0.2, 0) is 0 Å². The predicted octanol–water partition coefficient (Wildman–Crippen LogP) is 1.64. The Kier molecular flexibility index (Phi) is 3.25. The molecule has 1 aliphatic heterocycles. The molecule has 1 aromatic carbocycles. The Hall–Kier alpha value is -1.35. The van der Waals surface area contributed by atoms with Crippen LogP contribution in [0.25, 0.3) is 0 Å². The molecule has 3 heteroatoms. The van der Waals surface area contributed by atoms with Crippen molar-refractivity contribution in [3.63, 3.8) is 0 Å². The van der Waals surface area contributed by atoms with Gasteiger partial charge in [0, 0.05) is 37.3 Å². The molecular formula is C13H18N2O. The standard InChI is InChI=1S/C13H18N2O/c1-14(2)9-10-15-8-7-13(16)11-5-3-4-6-12(11)15/h3-6H,7-10H2,1-2H3. The highest BCUT2D eigenvalue weighted by molar-refractivity contribution is 6.03. The smallest absolute Gasteiger partial charge is 0.166 e. The van der Waals surface area contributed by atoms with Crippen LogP contribution in [0.4, 0.5) is 5.69 Å². The molecule has 0 atom stereocenters. The first-order chi connectivity index (χ1) is 7.68. The monoisotopic (exact) mass is 218 g/mol. The number of hydrogen-bond donors (Lipinski definition) is 0. The third kappa shape index (κ3) is 2.25. The van der Waals surface area contributed by atoms with Gasteiger partial charge in [0.2, 0.25) is 0 Å². The summed E-state index contributed by atoms with van der Waals surface area (Å²) in [7, 11) is 4.14. The molecule has 16 heavy (non-hydrogen) atoms. The molecule has 0 aliphatic carbocycles. The Balaban J connectivity index is 2.18. The molecule has 2 rings (SSSR count). The fraction of sp³-hybridized carbons (Fsp3) is 0.462. The number of anilines is 1. The van der Waals surface area contributed by atoms with Gasteiger partial charge < -0.3 is 9.80 Å². The van der Waals surface area contributed by atoms with Crippen LogP contribution >= 0.6 is 0 Å². The van der Waals surface area contributed by atoms with E-state index < -0.39 is 0 Å². The summed E-state index contributed by atoms with van der Waals surface area (Å²) in [6, 6.07) is 7.91. The van der Waals surface area contributed by atoms with E-state index in [2.05, 4.69) is 23.9 Å². The van der Waals surface area contributed by atoms with E-state index in [1.807, 2.05) is 24.3 Å². The SMILES string of the molecule is CN(C)CCN1CCC(=O)c2ccccc21. The number of carbonyl (C=O) groups is 1. The molecule has 0 saturated carbocycles. The molecule has 0 N–H and O–H groups in total. The van der Waals surface area contributed by atoms with Gasteiger partial charge in [-0.15, -0.1) is 0 Å². The average molecular weight is 218 g/mol. The Morgan fingerprint density at radius 1 is 1.31 bits per heavy atom. The predicted molar refractivity (Wildman–Crippen MR) is 66.2 cm³/mol. The van der Waals surface area contributed by atoms with Gasteiger partial charge in [0.25, 0.3) is 0 Å². The van der Waals surface area contributed by atoms with E-state index in [1.165, 1.54) is 0 Å².